The summed E-state index contributed by atoms with van der Waals surface area (Å²) in [5.74, 6) is 0. The van der Waals surface area contributed by atoms with Gasteiger partial charge in [0.2, 0.25) is 0 Å². The fourth-order valence-corrected chi connectivity index (χ4v) is 4.26. The summed E-state index contributed by atoms with van der Waals surface area (Å²) in [6, 6.07) is 30.3. The first-order valence-electron chi connectivity index (χ1n) is 8.73. The molecule has 0 spiro atoms. The summed E-state index contributed by atoms with van der Waals surface area (Å²) < 4.78 is 1.23. The van der Waals surface area contributed by atoms with Crippen LogP contribution in [0.5, 0.6) is 0 Å². The second-order valence-corrected chi connectivity index (χ2v) is 7.66. The van der Waals surface area contributed by atoms with Crippen molar-refractivity contribution in [3.8, 4) is 21.7 Å². The Balaban J connectivity index is 1.57. The summed E-state index contributed by atoms with van der Waals surface area (Å²) in [5, 5.41) is 3.58. The van der Waals surface area contributed by atoms with Gasteiger partial charge in [-0.15, -0.1) is 11.3 Å². The van der Waals surface area contributed by atoms with Crippen molar-refractivity contribution in [2.24, 2.45) is 0 Å². The maximum atomic E-state index is 4.78. The smallest absolute Gasteiger partial charge is 0.124 e. The Kier molecular flexibility index (Phi) is 3.58. The number of nitrogens with zero attached hydrogens (tertiary/aromatic N) is 1. The molecule has 5 aromatic rings. The Bertz CT molecular complexity index is 1200. The highest BCUT2D eigenvalue weighted by atomic mass is 32.1. The van der Waals surface area contributed by atoms with Crippen molar-refractivity contribution in [3.05, 3.63) is 90.5 Å². The van der Waals surface area contributed by atoms with Gasteiger partial charge >= 0.3 is 0 Å². The molecule has 0 unspecified atom stereocenters. The molecule has 0 radical (unpaired) electrons. The lowest BCUT2D eigenvalue weighted by molar-refractivity contribution is 1.47. The van der Waals surface area contributed by atoms with Gasteiger partial charge in [0.25, 0.3) is 0 Å². The Morgan fingerprint density at radius 3 is 2.08 bits per heavy atom. The first kappa shape index (κ1) is 15.3. The van der Waals surface area contributed by atoms with Gasteiger partial charge < -0.3 is 0 Å². The normalized spacial score (nSPS) is 11.3. The number of fused-ring (bicyclic) bond motifs is 2. The predicted octanol–water partition coefficient (Wildman–Crippen LogP) is 7.09. The number of hydrogen-bond acceptors (Lipinski definition) is 2. The molecule has 1 aromatic heterocycles. The maximum Gasteiger partial charge on any atom is 0.124 e. The quantitative estimate of drug-likeness (QED) is 0.331. The molecule has 124 valence electrons. The van der Waals surface area contributed by atoms with Crippen molar-refractivity contribution < 1.29 is 0 Å². The summed E-state index contributed by atoms with van der Waals surface area (Å²) >= 11 is 1.75. The van der Waals surface area contributed by atoms with Crippen LogP contribution in [0.1, 0.15) is 5.56 Å². The molecule has 0 saturated carbocycles. The molecule has 0 saturated heterocycles. The highest BCUT2D eigenvalue weighted by Gasteiger charge is 2.07. The minimum absolute atomic E-state index is 1.07. The number of benzene rings is 4. The Morgan fingerprint density at radius 1 is 0.654 bits per heavy atom. The molecule has 26 heavy (non-hydrogen) atoms. The van der Waals surface area contributed by atoms with Gasteiger partial charge in [0.15, 0.2) is 0 Å². The summed E-state index contributed by atoms with van der Waals surface area (Å²) in [6.45, 7) is 2.12. The number of aromatic nitrogens is 1. The lowest BCUT2D eigenvalue weighted by Crippen LogP contribution is -1.82. The van der Waals surface area contributed by atoms with Crippen LogP contribution in [0.25, 0.3) is 42.7 Å². The van der Waals surface area contributed by atoms with Gasteiger partial charge in [-0.3, -0.25) is 0 Å². The van der Waals surface area contributed by atoms with Crippen molar-refractivity contribution in [2.45, 2.75) is 6.92 Å². The third kappa shape index (κ3) is 2.69. The van der Waals surface area contributed by atoms with Crippen LogP contribution in [0.2, 0.25) is 0 Å². The van der Waals surface area contributed by atoms with Gasteiger partial charge in [0.1, 0.15) is 5.01 Å². The second kappa shape index (κ2) is 6.08. The highest BCUT2D eigenvalue weighted by molar-refractivity contribution is 7.21. The van der Waals surface area contributed by atoms with Crippen LogP contribution in [-0.4, -0.2) is 4.98 Å². The van der Waals surface area contributed by atoms with Crippen molar-refractivity contribution in [3.63, 3.8) is 0 Å². The predicted molar refractivity (Wildman–Crippen MR) is 113 cm³/mol. The molecule has 0 fully saturated rings. The SMILES string of the molecule is Cc1ccc(-c2ccc3cc(-c4nc5ccccc5s4)ccc3c2)cc1. The second-order valence-electron chi connectivity index (χ2n) is 6.63. The average molecular weight is 351 g/mol. The average Bonchev–Trinajstić information content (AvgIpc) is 3.12. The number of thiazole rings is 1. The molecule has 0 N–H and O–H groups in total. The van der Waals surface area contributed by atoms with Crippen LogP contribution in [0, 0.1) is 6.92 Å². The molecule has 0 atom stereocenters. The monoisotopic (exact) mass is 351 g/mol. The largest absolute Gasteiger partial charge is 0.236 e. The van der Waals surface area contributed by atoms with E-state index >= 15 is 0 Å². The molecule has 0 aliphatic heterocycles. The van der Waals surface area contributed by atoms with Crippen molar-refractivity contribution in [2.75, 3.05) is 0 Å². The van der Waals surface area contributed by atoms with E-state index in [1.54, 1.807) is 11.3 Å². The van der Waals surface area contributed by atoms with E-state index in [0.29, 0.717) is 0 Å². The molecule has 0 aliphatic carbocycles. The van der Waals surface area contributed by atoms with Gasteiger partial charge in [-0.2, -0.15) is 0 Å². The molecule has 1 nitrogen and oxygen atoms in total. The number of aryl methyl sites for hydroxylation is 1. The Morgan fingerprint density at radius 2 is 1.31 bits per heavy atom. The zero-order valence-electron chi connectivity index (χ0n) is 14.4. The molecule has 1 heterocycles. The fraction of sp³-hybridized carbons (Fsp3) is 0.0417. The van der Waals surface area contributed by atoms with Gasteiger partial charge in [0, 0.05) is 5.56 Å². The molecule has 4 aromatic carbocycles. The van der Waals surface area contributed by atoms with E-state index in [2.05, 4.69) is 85.8 Å². The van der Waals surface area contributed by atoms with E-state index in [9.17, 15) is 0 Å². The zero-order valence-corrected chi connectivity index (χ0v) is 15.3. The van der Waals surface area contributed by atoms with Crippen molar-refractivity contribution in [1.29, 1.82) is 0 Å². The van der Waals surface area contributed by atoms with Gasteiger partial charge in [-0.25, -0.2) is 4.98 Å². The molecule has 5 rings (SSSR count). The van der Waals surface area contributed by atoms with E-state index in [1.807, 2.05) is 6.07 Å². The molecular weight excluding hydrogens is 334 g/mol. The number of rotatable bonds is 2. The van der Waals surface area contributed by atoms with Crippen molar-refractivity contribution >= 4 is 32.3 Å². The fourth-order valence-electron chi connectivity index (χ4n) is 3.30. The lowest BCUT2D eigenvalue weighted by Gasteiger charge is -2.06. The lowest BCUT2D eigenvalue weighted by atomic mass is 9.99. The molecule has 2 heteroatoms. The molecule has 0 bridgehead atoms. The van der Waals surface area contributed by atoms with E-state index in [1.165, 1.54) is 37.7 Å². The highest BCUT2D eigenvalue weighted by Crippen LogP contribution is 2.33. The van der Waals surface area contributed by atoms with Crippen LogP contribution in [0.15, 0.2) is 84.9 Å². The van der Waals surface area contributed by atoms with Crippen molar-refractivity contribution in [1.82, 2.24) is 4.98 Å². The molecular formula is C24H17NS. The number of hydrogen-bond donors (Lipinski definition) is 0. The molecule has 0 aliphatic rings. The van der Waals surface area contributed by atoms with Gasteiger partial charge in [0.05, 0.1) is 10.2 Å². The van der Waals surface area contributed by atoms with E-state index in [4.69, 9.17) is 4.98 Å². The minimum atomic E-state index is 1.07. The van der Waals surface area contributed by atoms with E-state index in [0.717, 1.165) is 10.5 Å². The third-order valence-electron chi connectivity index (χ3n) is 4.77. The summed E-state index contributed by atoms with van der Waals surface area (Å²) in [4.78, 5) is 4.78. The summed E-state index contributed by atoms with van der Waals surface area (Å²) in [7, 11) is 0. The van der Waals surface area contributed by atoms with E-state index in [-0.39, 0.29) is 0 Å². The Hall–Kier alpha value is -2.97. The van der Waals surface area contributed by atoms with Crippen LogP contribution >= 0.6 is 11.3 Å². The van der Waals surface area contributed by atoms with Crippen LogP contribution < -0.4 is 0 Å². The number of para-hydroxylation sites is 1. The maximum absolute atomic E-state index is 4.78. The van der Waals surface area contributed by atoms with E-state index < -0.39 is 0 Å². The van der Waals surface area contributed by atoms with Gasteiger partial charge in [-0.1, -0.05) is 66.2 Å². The van der Waals surface area contributed by atoms with Crippen LogP contribution in [0.4, 0.5) is 0 Å². The standard InChI is InChI=1S/C24H17NS/c1-16-6-8-17(9-7-16)18-10-11-20-15-21(13-12-19(20)14-18)24-25-22-4-2-3-5-23(22)26-24/h2-15H,1H3. The molecule has 0 amide bonds. The van der Waals surface area contributed by atoms with Gasteiger partial charge in [-0.05, 0) is 53.1 Å². The minimum Gasteiger partial charge on any atom is -0.236 e. The topological polar surface area (TPSA) is 12.9 Å². The Labute approximate surface area is 156 Å². The van der Waals surface area contributed by atoms with Crippen LogP contribution in [-0.2, 0) is 0 Å². The van der Waals surface area contributed by atoms with Crippen LogP contribution in [0.3, 0.4) is 0 Å². The first-order valence-corrected chi connectivity index (χ1v) is 9.55. The first-order chi connectivity index (χ1) is 12.8. The summed E-state index contributed by atoms with van der Waals surface area (Å²) in [5.41, 5.74) is 6.05. The third-order valence-corrected chi connectivity index (χ3v) is 5.85. The zero-order chi connectivity index (χ0) is 17.5. The summed E-state index contributed by atoms with van der Waals surface area (Å²) in [6.07, 6.45) is 0.